The molecule has 31 heavy (non-hydrogen) atoms. The van der Waals surface area contributed by atoms with Crippen molar-refractivity contribution in [3.05, 3.63) is 72.1 Å². The maximum absolute atomic E-state index is 5.81. The number of hydrogen-bond donors (Lipinski definition) is 2. The van der Waals surface area contributed by atoms with E-state index >= 15 is 0 Å². The van der Waals surface area contributed by atoms with Crippen molar-refractivity contribution in [3.63, 3.8) is 0 Å². The smallest absolute Gasteiger partial charge is 0.231 e. The largest absolute Gasteiger partial charge is 0.492 e. The number of rotatable bonds is 9. The number of fused-ring (bicyclic) bond motifs is 1. The Morgan fingerprint density at radius 2 is 1.97 bits per heavy atom. The van der Waals surface area contributed by atoms with Crippen LogP contribution >= 0.6 is 0 Å². The van der Waals surface area contributed by atoms with Crippen LogP contribution in [0, 0.1) is 0 Å². The van der Waals surface area contributed by atoms with E-state index in [1.165, 1.54) is 11.1 Å². The number of aliphatic imine (C=N–C) groups is 1. The second-order valence-electron chi connectivity index (χ2n) is 6.96. The molecule has 0 bridgehead atoms. The lowest BCUT2D eigenvalue weighted by atomic mass is 10.1. The quantitative estimate of drug-likeness (QED) is 0.314. The van der Waals surface area contributed by atoms with Gasteiger partial charge in [0, 0.05) is 25.0 Å². The van der Waals surface area contributed by atoms with Gasteiger partial charge in [0.05, 0.1) is 19.6 Å². The topological polar surface area (TPSA) is 81.9 Å². The number of aromatic nitrogens is 2. The molecule has 1 aliphatic heterocycles. The van der Waals surface area contributed by atoms with E-state index in [9.17, 15) is 0 Å². The van der Waals surface area contributed by atoms with Gasteiger partial charge in [-0.15, -0.1) is 0 Å². The Hall–Kier alpha value is -3.68. The lowest BCUT2D eigenvalue weighted by Gasteiger charge is -2.13. The van der Waals surface area contributed by atoms with E-state index < -0.39 is 0 Å². The average molecular weight is 422 g/mol. The van der Waals surface area contributed by atoms with Crippen LogP contribution in [0.15, 0.2) is 65.9 Å². The van der Waals surface area contributed by atoms with Gasteiger partial charge in [-0.05, 0) is 36.2 Å². The second-order valence-corrected chi connectivity index (χ2v) is 6.96. The van der Waals surface area contributed by atoms with Crippen molar-refractivity contribution in [3.8, 4) is 17.2 Å². The molecule has 8 heteroatoms. The van der Waals surface area contributed by atoms with Crippen LogP contribution in [0.5, 0.6) is 17.2 Å². The summed E-state index contributed by atoms with van der Waals surface area (Å²) in [5, 5.41) is 10.9. The molecule has 0 unspecified atom stereocenters. The van der Waals surface area contributed by atoms with Crippen LogP contribution in [-0.2, 0) is 13.1 Å². The van der Waals surface area contributed by atoms with Gasteiger partial charge in [0.1, 0.15) is 12.4 Å². The predicted octanol–water partition coefficient (Wildman–Crippen LogP) is 2.79. The molecule has 0 saturated heterocycles. The number of benzene rings is 2. The number of nitrogens with one attached hydrogen (secondary N) is 2. The van der Waals surface area contributed by atoms with Crippen LogP contribution in [0.1, 0.15) is 18.1 Å². The van der Waals surface area contributed by atoms with Crippen molar-refractivity contribution in [1.82, 2.24) is 20.4 Å². The first-order chi connectivity index (χ1) is 15.3. The fourth-order valence-electron chi connectivity index (χ4n) is 3.25. The van der Waals surface area contributed by atoms with Gasteiger partial charge >= 0.3 is 0 Å². The molecule has 4 rings (SSSR count). The number of ether oxygens (including phenoxy) is 3. The van der Waals surface area contributed by atoms with Crippen LogP contribution in [0.3, 0.4) is 0 Å². The molecule has 0 radical (unpaired) electrons. The standard InChI is InChI=1S/C23H27N5O3/c1-2-24-23(25-11-13-29-20-8-9-21-22(14-20)31-17-30-21)26-15-18-6-3-4-7-19(18)16-28-12-5-10-27-28/h3-10,12,14H,2,11,13,15-17H2,1H3,(H2,24,25,26). The van der Waals surface area contributed by atoms with E-state index in [1.807, 2.05) is 54.2 Å². The molecule has 3 aromatic rings. The van der Waals surface area contributed by atoms with E-state index in [-0.39, 0.29) is 6.79 Å². The Morgan fingerprint density at radius 3 is 2.81 bits per heavy atom. The third-order valence-electron chi connectivity index (χ3n) is 4.77. The molecule has 2 aromatic carbocycles. The highest BCUT2D eigenvalue weighted by Crippen LogP contribution is 2.34. The molecule has 2 heterocycles. The van der Waals surface area contributed by atoms with Gasteiger partial charge in [0.25, 0.3) is 0 Å². The summed E-state index contributed by atoms with van der Waals surface area (Å²) < 4.78 is 18.4. The van der Waals surface area contributed by atoms with Gasteiger partial charge in [-0.25, -0.2) is 4.99 Å². The molecule has 1 aliphatic rings. The van der Waals surface area contributed by atoms with Crippen molar-refractivity contribution in [1.29, 1.82) is 0 Å². The maximum Gasteiger partial charge on any atom is 0.231 e. The normalized spacial score (nSPS) is 12.6. The van der Waals surface area contributed by atoms with Crippen LogP contribution < -0.4 is 24.8 Å². The molecule has 1 aromatic heterocycles. The highest BCUT2D eigenvalue weighted by Gasteiger charge is 2.13. The van der Waals surface area contributed by atoms with Crippen molar-refractivity contribution >= 4 is 5.96 Å². The zero-order valence-electron chi connectivity index (χ0n) is 17.6. The summed E-state index contributed by atoms with van der Waals surface area (Å²) >= 11 is 0. The minimum atomic E-state index is 0.258. The summed E-state index contributed by atoms with van der Waals surface area (Å²) in [6.45, 7) is 5.51. The number of hydrogen-bond acceptors (Lipinski definition) is 5. The van der Waals surface area contributed by atoms with Gasteiger partial charge in [-0.1, -0.05) is 24.3 Å². The van der Waals surface area contributed by atoms with Crippen LogP contribution in [-0.4, -0.2) is 42.2 Å². The molecule has 0 atom stereocenters. The summed E-state index contributed by atoms with van der Waals surface area (Å²) in [5.41, 5.74) is 2.38. The predicted molar refractivity (Wildman–Crippen MR) is 119 cm³/mol. The van der Waals surface area contributed by atoms with E-state index in [0.29, 0.717) is 25.4 Å². The monoisotopic (exact) mass is 421 g/mol. The van der Waals surface area contributed by atoms with Gasteiger partial charge in [0.2, 0.25) is 6.79 Å². The summed E-state index contributed by atoms with van der Waals surface area (Å²) in [5.74, 6) is 2.97. The number of guanidine groups is 1. The SMILES string of the molecule is CCNC(=NCc1ccccc1Cn1cccn1)NCCOc1ccc2c(c1)OCO2. The zero-order chi connectivity index (χ0) is 21.3. The zero-order valence-corrected chi connectivity index (χ0v) is 17.6. The Kier molecular flexibility index (Phi) is 6.89. The van der Waals surface area contributed by atoms with E-state index in [0.717, 1.165) is 30.5 Å². The Labute approximate surface area is 181 Å². The molecule has 2 N–H and O–H groups in total. The Balaban J connectivity index is 1.30. The van der Waals surface area contributed by atoms with Crippen LogP contribution in [0.2, 0.25) is 0 Å². The maximum atomic E-state index is 5.81. The van der Waals surface area contributed by atoms with Gasteiger partial charge < -0.3 is 24.8 Å². The van der Waals surface area contributed by atoms with Crippen molar-refractivity contribution < 1.29 is 14.2 Å². The second kappa shape index (κ2) is 10.4. The van der Waals surface area contributed by atoms with Crippen molar-refractivity contribution in [2.75, 3.05) is 26.5 Å². The highest BCUT2D eigenvalue weighted by atomic mass is 16.7. The molecule has 0 saturated carbocycles. The van der Waals surface area contributed by atoms with Crippen molar-refractivity contribution in [2.24, 2.45) is 4.99 Å². The van der Waals surface area contributed by atoms with Crippen molar-refractivity contribution in [2.45, 2.75) is 20.0 Å². The lowest BCUT2D eigenvalue weighted by molar-refractivity contribution is 0.173. The van der Waals surface area contributed by atoms with Gasteiger partial charge in [0.15, 0.2) is 17.5 Å². The first-order valence-corrected chi connectivity index (χ1v) is 10.4. The molecule has 162 valence electrons. The molecule has 0 aliphatic carbocycles. The average Bonchev–Trinajstić information content (AvgIpc) is 3.47. The third-order valence-corrected chi connectivity index (χ3v) is 4.77. The summed E-state index contributed by atoms with van der Waals surface area (Å²) in [4.78, 5) is 4.74. The minimum absolute atomic E-state index is 0.258. The third kappa shape index (κ3) is 5.69. The molecular weight excluding hydrogens is 394 g/mol. The minimum Gasteiger partial charge on any atom is -0.492 e. The molecule has 8 nitrogen and oxygen atoms in total. The molecule has 0 spiro atoms. The molecular formula is C23H27N5O3. The number of nitrogens with zero attached hydrogens (tertiary/aromatic N) is 3. The fourth-order valence-corrected chi connectivity index (χ4v) is 3.25. The van der Waals surface area contributed by atoms with E-state index in [4.69, 9.17) is 19.2 Å². The first kappa shape index (κ1) is 20.6. The first-order valence-electron chi connectivity index (χ1n) is 10.4. The summed E-state index contributed by atoms with van der Waals surface area (Å²) in [6.07, 6.45) is 3.76. The van der Waals surface area contributed by atoms with Crippen LogP contribution in [0.25, 0.3) is 0 Å². The summed E-state index contributed by atoms with van der Waals surface area (Å²) in [7, 11) is 0. The fraction of sp³-hybridized carbons (Fsp3) is 0.304. The van der Waals surface area contributed by atoms with Gasteiger partial charge in [-0.3, -0.25) is 4.68 Å². The van der Waals surface area contributed by atoms with E-state index in [2.05, 4.69) is 27.9 Å². The Morgan fingerprint density at radius 1 is 1.10 bits per heavy atom. The van der Waals surface area contributed by atoms with Crippen LogP contribution in [0.4, 0.5) is 0 Å². The van der Waals surface area contributed by atoms with E-state index in [1.54, 1.807) is 6.20 Å². The Bertz CT molecular complexity index is 1000. The molecule has 0 amide bonds. The van der Waals surface area contributed by atoms with Gasteiger partial charge in [-0.2, -0.15) is 5.10 Å². The molecule has 0 fully saturated rings. The highest BCUT2D eigenvalue weighted by molar-refractivity contribution is 5.79. The summed E-state index contributed by atoms with van der Waals surface area (Å²) in [6, 6.07) is 15.8. The lowest BCUT2D eigenvalue weighted by Crippen LogP contribution is -2.39.